The molecule has 0 aliphatic rings. The van der Waals surface area contributed by atoms with Gasteiger partial charge in [-0.25, -0.2) is 0 Å². The number of ether oxygens (including phenoxy) is 1. The number of hydrogen-bond donors (Lipinski definition) is 1. The third-order valence-electron chi connectivity index (χ3n) is 0.783. The van der Waals surface area contributed by atoms with Crippen molar-refractivity contribution in [1.82, 2.24) is 5.54 Å². The summed E-state index contributed by atoms with van der Waals surface area (Å²) in [6.45, 7) is 2.65. The number of nitrogens with one attached hydrogen (secondary N) is 1. The van der Waals surface area contributed by atoms with E-state index in [0.717, 1.165) is 5.54 Å². The fraction of sp³-hybridized carbons (Fsp3) is 0.800. The molecule has 0 saturated heterocycles. The first-order valence-electron chi connectivity index (χ1n) is 3.35. The fourth-order valence-electron chi connectivity index (χ4n) is 0.356. The second-order valence-corrected chi connectivity index (χ2v) is 1.46. The lowest BCUT2D eigenvalue weighted by molar-refractivity contribution is -0.126. The van der Waals surface area contributed by atoms with Gasteiger partial charge >= 0.3 is 0 Å². The Kier molecular flexibility index (Phi) is 106. The Bertz CT molecular complexity index is 99.5. The maximum atomic E-state index is 11.2. The molecule has 1 N–H and O–H groups in total. The van der Waals surface area contributed by atoms with Crippen LogP contribution in [0, 0.1) is 0 Å². The largest absolute Gasteiger partial charge is 0.381 e. The van der Waals surface area contributed by atoms with Crippen LogP contribution in [0.2, 0.25) is 0 Å². The van der Waals surface area contributed by atoms with Crippen LogP contribution in [0.4, 0.5) is 41.1 Å². The fourth-order valence-corrected chi connectivity index (χ4v) is 0.356. The van der Waals surface area contributed by atoms with Crippen LogP contribution in [0.25, 0.3) is 0 Å². The Labute approximate surface area is 89.9 Å². The van der Waals surface area contributed by atoms with Crippen LogP contribution in [-0.4, -0.2) is 19.1 Å². The van der Waals surface area contributed by atoms with Gasteiger partial charge in [0.1, 0.15) is 0 Å². The lowest BCUT2D eigenvalue weighted by Gasteiger charge is -1.96. The first kappa shape index (κ1) is 29.7. The van der Waals surface area contributed by atoms with Gasteiger partial charge in [0.15, 0.2) is 0 Å². The van der Waals surface area contributed by atoms with E-state index in [9.17, 15) is 9.28 Å². The third-order valence-corrected chi connectivity index (χ3v) is 0.783. The molecule has 0 spiro atoms. The van der Waals surface area contributed by atoms with Gasteiger partial charge in [-0.3, -0.25) is 4.79 Å². The topological polar surface area (TPSA) is 38.3 Å². The van der Waals surface area contributed by atoms with Gasteiger partial charge in [0.05, 0.1) is 13.0 Å². The van der Waals surface area contributed by atoms with E-state index in [1.807, 2.05) is 6.92 Å². The standard InChI is InChI=1S/C5H10FNO2.4F2/c1-2-9-4-3-5(8)7-6;4*1-2/h2-4H2,1H3,(H,7,8);;;;. The molecule has 17 heavy (non-hydrogen) atoms. The van der Waals surface area contributed by atoms with Gasteiger partial charge in [0, 0.05) is 43.2 Å². The van der Waals surface area contributed by atoms with Crippen molar-refractivity contribution in [3.8, 4) is 0 Å². The van der Waals surface area contributed by atoms with Crippen molar-refractivity contribution < 1.29 is 50.6 Å². The summed E-state index contributed by atoms with van der Waals surface area (Å²) in [7, 11) is 0. The smallest absolute Gasteiger partial charge is 0.249 e. The minimum atomic E-state index is -0.636. The van der Waals surface area contributed by atoms with Crippen LogP contribution in [0.15, 0.2) is 0 Å². The van der Waals surface area contributed by atoms with Crippen molar-refractivity contribution in [1.29, 1.82) is 0 Å². The molecule has 0 heterocycles. The average molecular weight is 287 g/mol. The zero-order valence-corrected chi connectivity index (χ0v) is 8.34. The molecule has 0 aliphatic carbocycles. The maximum absolute atomic E-state index is 11.2. The van der Waals surface area contributed by atoms with Gasteiger partial charge in [-0.15, -0.1) is 4.48 Å². The quantitative estimate of drug-likeness (QED) is 0.485. The van der Waals surface area contributed by atoms with Gasteiger partial charge in [0.2, 0.25) is 5.91 Å². The van der Waals surface area contributed by atoms with Crippen LogP contribution in [0.3, 0.4) is 0 Å². The monoisotopic (exact) mass is 287 g/mol. The number of rotatable bonds is 4. The molecular weight excluding hydrogens is 277 g/mol. The Morgan fingerprint density at radius 2 is 1.35 bits per heavy atom. The average Bonchev–Trinajstić information content (AvgIpc) is 2.47. The number of carbonyl (C=O) groups excluding carboxylic acids is 1. The van der Waals surface area contributed by atoms with Crippen LogP contribution in [-0.2, 0) is 9.53 Å². The molecule has 0 saturated carbocycles. The molecule has 3 nitrogen and oxygen atoms in total. The van der Waals surface area contributed by atoms with E-state index < -0.39 is 5.91 Å². The van der Waals surface area contributed by atoms with Gasteiger partial charge in [-0.2, -0.15) is 5.54 Å². The summed E-state index contributed by atoms with van der Waals surface area (Å²) in [5.74, 6) is -0.636. The SMILES string of the molecule is CCOCCC(=O)NF.FF.FF.FF.FF. The predicted molar refractivity (Wildman–Crippen MR) is 39.2 cm³/mol. The molecular formula is C5H10F9NO2. The molecule has 0 aromatic rings. The van der Waals surface area contributed by atoms with Crippen molar-refractivity contribution in [3.63, 3.8) is 0 Å². The number of carbonyl (C=O) groups is 1. The summed E-state index contributed by atoms with van der Waals surface area (Å²) in [6.07, 6.45) is 0.0876. The summed E-state index contributed by atoms with van der Waals surface area (Å²) >= 11 is 0. The van der Waals surface area contributed by atoms with E-state index in [-0.39, 0.29) is 13.0 Å². The summed E-state index contributed by atoms with van der Waals surface area (Å²) in [5.41, 5.74) is 1.00. The second-order valence-electron chi connectivity index (χ2n) is 1.46. The van der Waals surface area contributed by atoms with E-state index >= 15 is 0 Å². The molecule has 0 aliphatic heterocycles. The first-order chi connectivity index (χ1) is 8.31. The molecule has 0 radical (unpaired) electrons. The zero-order valence-electron chi connectivity index (χ0n) is 8.34. The Morgan fingerprint density at radius 3 is 1.59 bits per heavy atom. The molecule has 0 aromatic heterocycles. The van der Waals surface area contributed by atoms with E-state index in [1.54, 1.807) is 0 Å². The third kappa shape index (κ3) is 72.1. The first-order valence-corrected chi connectivity index (χ1v) is 3.35. The van der Waals surface area contributed by atoms with Gasteiger partial charge in [-0.1, -0.05) is 0 Å². The molecule has 0 atom stereocenters. The molecule has 110 valence electrons. The van der Waals surface area contributed by atoms with E-state index in [2.05, 4.69) is 0 Å². The lowest BCUT2D eigenvalue weighted by atomic mass is 10.4. The van der Waals surface area contributed by atoms with Crippen molar-refractivity contribution in [2.75, 3.05) is 13.2 Å². The highest BCUT2D eigenvalue weighted by Crippen LogP contribution is 1.81. The molecule has 0 fully saturated rings. The van der Waals surface area contributed by atoms with Crippen molar-refractivity contribution in [2.45, 2.75) is 13.3 Å². The van der Waals surface area contributed by atoms with Crippen LogP contribution >= 0.6 is 0 Å². The molecule has 0 rings (SSSR count). The minimum absolute atomic E-state index is 0.0876. The van der Waals surface area contributed by atoms with Crippen LogP contribution in [0.5, 0.6) is 0 Å². The van der Waals surface area contributed by atoms with Crippen molar-refractivity contribution in [2.24, 2.45) is 0 Å². The molecule has 0 unspecified atom stereocenters. The maximum Gasteiger partial charge on any atom is 0.249 e. The molecule has 12 heteroatoms. The van der Waals surface area contributed by atoms with Gasteiger partial charge < -0.3 is 4.74 Å². The zero-order chi connectivity index (χ0) is 15.1. The Morgan fingerprint density at radius 1 is 1.00 bits per heavy atom. The Balaban J connectivity index is -0.0000000507. The highest BCUT2D eigenvalue weighted by molar-refractivity contribution is 5.74. The van der Waals surface area contributed by atoms with Crippen molar-refractivity contribution in [3.05, 3.63) is 0 Å². The minimum Gasteiger partial charge on any atom is -0.381 e. The van der Waals surface area contributed by atoms with E-state index in [4.69, 9.17) is 41.3 Å². The summed E-state index contributed by atoms with van der Waals surface area (Å²) < 4.78 is 79.9. The Hall–Kier alpha value is -1.20. The van der Waals surface area contributed by atoms with Crippen molar-refractivity contribution >= 4 is 5.91 Å². The number of halogens is 9. The summed E-state index contributed by atoms with van der Waals surface area (Å²) in [4.78, 5) is 10.1. The molecule has 0 bridgehead atoms. The molecule has 1 amide bonds. The highest BCUT2D eigenvalue weighted by Gasteiger charge is 1.96. The number of hydrogen-bond acceptors (Lipinski definition) is 2. The van der Waals surface area contributed by atoms with E-state index in [1.165, 1.54) is 0 Å². The molecule has 0 aromatic carbocycles. The normalized spacial score (nSPS) is 6.24. The highest BCUT2D eigenvalue weighted by atomic mass is 20.0. The van der Waals surface area contributed by atoms with Crippen LogP contribution < -0.4 is 5.54 Å². The summed E-state index contributed by atoms with van der Waals surface area (Å²) in [6, 6.07) is 0. The van der Waals surface area contributed by atoms with Gasteiger partial charge in [0.25, 0.3) is 0 Å². The predicted octanol–water partition coefficient (Wildman–Crippen LogP) is 3.78. The number of amides is 1. The summed E-state index contributed by atoms with van der Waals surface area (Å²) in [5, 5.41) is 0. The second kappa shape index (κ2) is 61.0. The van der Waals surface area contributed by atoms with E-state index in [0.29, 0.717) is 6.61 Å². The van der Waals surface area contributed by atoms with Crippen LogP contribution in [0.1, 0.15) is 13.3 Å². The van der Waals surface area contributed by atoms with Gasteiger partial charge in [-0.05, 0) is 6.92 Å². The lowest BCUT2D eigenvalue weighted by Crippen LogP contribution is -2.15.